The van der Waals surface area contributed by atoms with Crippen LogP contribution in [0.25, 0.3) is 0 Å². The highest BCUT2D eigenvalue weighted by atomic mass is 16.6. The number of ether oxygens (including phenoxy) is 3. The van der Waals surface area contributed by atoms with Gasteiger partial charge in [0, 0.05) is 13.2 Å². The van der Waals surface area contributed by atoms with Crippen LogP contribution in [-0.4, -0.2) is 51.2 Å². The van der Waals surface area contributed by atoms with E-state index in [4.69, 9.17) is 14.2 Å². The van der Waals surface area contributed by atoms with Crippen molar-refractivity contribution in [3.05, 3.63) is 0 Å². The monoisotopic (exact) mass is 243 g/mol. The molecule has 1 N–H and O–H groups in total. The van der Waals surface area contributed by atoms with Crippen molar-refractivity contribution < 1.29 is 14.2 Å². The fourth-order valence-corrected chi connectivity index (χ4v) is 2.46. The summed E-state index contributed by atoms with van der Waals surface area (Å²) in [6.45, 7) is 6.47. The molecule has 3 atom stereocenters. The summed E-state index contributed by atoms with van der Waals surface area (Å²) in [5.41, 5.74) is 0. The average molecular weight is 243 g/mol. The van der Waals surface area contributed by atoms with Gasteiger partial charge in [-0.25, -0.2) is 0 Å². The Morgan fingerprint density at radius 3 is 2.71 bits per heavy atom. The standard InChI is InChI=1S/C13H25NO3/c1-2-14-8-11-5-6-13(17-11)10-15-9-12-4-3-7-16-12/h11-14H,2-10H2,1H3. The molecule has 2 rings (SSSR count). The van der Waals surface area contributed by atoms with E-state index in [1.807, 2.05) is 0 Å². The van der Waals surface area contributed by atoms with Gasteiger partial charge in [-0.15, -0.1) is 0 Å². The van der Waals surface area contributed by atoms with Crippen LogP contribution in [0.5, 0.6) is 0 Å². The molecule has 4 nitrogen and oxygen atoms in total. The summed E-state index contributed by atoms with van der Waals surface area (Å²) < 4.78 is 17.1. The topological polar surface area (TPSA) is 39.7 Å². The predicted octanol–water partition coefficient (Wildman–Crippen LogP) is 1.34. The van der Waals surface area contributed by atoms with Crippen molar-refractivity contribution in [3.8, 4) is 0 Å². The minimum absolute atomic E-state index is 0.292. The maximum Gasteiger partial charge on any atom is 0.0813 e. The molecule has 0 aromatic heterocycles. The van der Waals surface area contributed by atoms with Gasteiger partial charge in [-0.3, -0.25) is 0 Å². The lowest BCUT2D eigenvalue weighted by Gasteiger charge is -2.15. The van der Waals surface area contributed by atoms with Crippen LogP contribution in [0.3, 0.4) is 0 Å². The molecular weight excluding hydrogens is 218 g/mol. The van der Waals surface area contributed by atoms with Crippen LogP contribution in [-0.2, 0) is 14.2 Å². The van der Waals surface area contributed by atoms with Gasteiger partial charge >= 0.3 is 0 Å². The van der Waals surface area contributed by atoms with Crippen molar-refractivity contribution in [2.45, 2.75) is 50.9 Å². The van der Waals surface area contributed by atoms with Crippen LogP contribution in [0.15, 0.2) is 0 Å². The van der Waals surface area contributed by atoms with Gasteiger partial charge in [0.25, 0.3) is 0 Å². The lowest BCUT2D eigenvalue weighted by molar-refractivity contribution is -0.0406. The molecule has 2 saturated heterocycles. The van der Waals surface area contributed by atoms with Crippen LogP contribution in [0, 0.1) is 0 Å². The number of nitrogens with one attached hydrogen (secondary N) is 1. The smallest absolute Gasteiger partial charge is 0.0813 e. The van der Waals surface area contributed by atoms with E-state index in [0.717, 1.165) is 52.2 Å². The van der Waals surface area contributed by atoms with Gasteiger partial charge in [0.05, 0.1) is 31.5 Å². The van der Waals surface area contributed by atoms with E-state index in [-0.39, 0.29) is 0 Å². The molecule has 2 aliphatic heterocycles. The van der Waals surface area contributed by atoms with E-state index in [1.165, 1.54) is 6.42 Å². The zero-order valence-electron chi connectivity index (χ0n) is 10.8. The molecule has 2 aliphatic rings. The van der Waals surface area contributed by atoms with Gasteiger partial charge in [-0.2, -0.15) is 0 Å². The molecule has 4 heteroatoms. The molecule has 0 aromatic rings. The summed E-state index contributed by atoms with van der Waals surface area (Å²) in [5, 5.41) is 3.33. The van der Waals surface area contributed by atoms with Crippen LogP contribution in [0.4, 0.5) is 0 Å². The first-order valence-electron chi connectivity index (χ1n) is 6.94. The molecule has 0 saturated carbocycles. The summed E-state index contributed by atoms with van der Waals surface area (Å²) in [4.78, 5) is 0. The number of hydrogen-bond donors (Lipinski definition) is 1. The Bertz CT molecular complexity index is 207. The van der Waals surface area contributed by atoms with E-state index in [2.05, 4.69) is 12.2 Å². The summed E-state index contributed by atoms with van der Waals surface area (Å²) in [6.07, 6.45) is 5.61. The second-order valence-corrected chi connectivity index (χ2v) is 4.94. The number of likely N-dealkylation sites (N-methyl/N-ethyl adjacent to an activating group) is 1. The van der Waals surface area contributed by atoms with Gasteiger partial charge < -0.3 is 19.5 Å². The highest BCUT2D eigenvalue weighted by Crippen LogP contribution is 2.20. The molecule has 0 aliphatic carbocycles. The molecule has 0 radical (unpaired) electrons. The fraction of sp³-hybridized carbons (Fsp3) is 1.00. The first kappa shape index (κ1) is 13.3. The molecule has 0 bridgehead atoms. The zero-order valence-corrected chi connectivity index (χ0v) is 10.8. The second-order valence-electron chi connectivity index (χ2n) is 4.94. The van der Waals surface area contributed by atoms with Crippen molar-refractivity contribution in [1.82, 2.24) is 5.32 Å². The third-order valence-electron chi connectivity index (χ3n) is 3.45. The van der Waals surface area contributed by atoms with Crippen molar-refractivity contribution in [3.63, 3.8) is 0 Å². The van der Waals surface area contributed by atoms with Crippen molar-refractivity contribution >= 4 is 0 Å². The van der Waals surface area contributed by atoms with Crippen molar-refractivity contribution in [2.75, 3.05) is 32.9 Å². The third kappa shape index (κ3) is 4.54. The third-order valence-corrected chi connectivity index (χ3v) is 3.45. The largest absolute Gasteiger partial charge is 0.376 e. The minimum atomic E-state index is 0.292. The van der Waals surface area contributed by atoms with E-state index in [1.54, 1.807) is 0 Å². The predicted molar refractivity (Wildman–Crippen MR) is 66.2 cm³/mol. The first-order valence-corrected chi connectivity index (χ1v) is 6.94. The zero-order chi connectivity index (χ0) is 11.9. The van der Waals surface area contributed by atoms with E-state index in [0.29, 0.717) is 18.3 Å². The van der Waals surface area contributed by atoms with Crippen molar-refractivity contribution in [1.29, 1.82) is 0 Å². The second kappa shape index (κ2) is 7.31. The quantitative estimate of drug-likeness (QED) is 0.732. The molecule has 3 unspecified atom stereocenters. The molecule has 0 amide bonds. The Hall–Kier alpha value is -0.160. The van der Waals surface area contributed by atoms with Gasteiger partial charge in [-0.1, -0.05) is 6.92 Å². The first-order chi connectivity index (χ1) is 8.38. The van der Waals surface area contributed by atoms with Gasteiger partial charge in [0.1, 0.15) is 0 Å². The lowest BCUT2D eigenvalue weighted by atomic mass is 10.2. The maximum absolute atomic E-state index is 5.90. The highest BCUT2D eigenvalue weighted by molar-refractivity contribution is 4.75. The fourth-order valence-electron chi connectivity index (χ4n) is 2.46. The van der Waals surface area contributed by atoms with E-state index in [9.17, 15) is 0 Å². The SMILES string of the molecule is CCNCC1CCC(COCC2CCCO2)O1. The molecule has 17 heavy (non-hydrogen) atoms. The molecule has 0 spiro atoms. The molecular formula is C13H25NO3. The van der Waals surface area contributed by atoms with Crippen LogP contribution < -0.4 is 5.32 Å². The lowest BCUT2D eigenvalue weighted by Crippen LogP contribution is -2.28. The Morgan fingerprint density at radius 1 is 1.12 bits per heavy atom. The van der Waals surface area contributed by atoms with E-state index >= 15 is 0 Å². The van der Waals surface area contributed by atoms with Crippen LogP contribution >= 0.6 is 0 Å². The Balaban J connectivity index is 1.51. The number of hydrogen-bond acceptors (Lipinski definition) is 4. The summed E-state index contributed by atoms with van der Waals surface area (Å²) in [7, 11) is 0. The number of rotatable bonds is 7. The highest BCUT2D eigenvalue weighted by Gasteiger charge is 2.25. The van der Waals surface area contributed by atoms with Crippen LogP contribution in [0.1, 0.15) is 32.6 Å². The maximum atomic E-state index is 5.90. The Labute approximate surface area is 104 Å². The Kier molecular flexibility index (Phi) is 5.71. The van der Waals surface area contributed by atoms with Crippen molar-refractivity contribution in [2.24, 2.45) is 0 Å². The van der Waals surface area contributed by atoms with Gasteiger partial charge in [-0.05, 0) is 32.2 Å². The van der Waals surface area contributed by atoms with Gasteiger partial charge in [0.2, 0.25) is 0 Å². The molecule has 0 aromatic carbocycles. The molecule has 2 fully saturated rings. The van der Waals surface area contributed by atoms with Crippen LogP contribution in [0.2, 0.25) is 0 Å². The molecule has 2 heterocycles. The summed E-state index contributed by atoms with van der Waals surface area (Å²) in [5.74, 6) is 0. The minimum Gasteiger partial charge on any atom is -0.376 e. The summed E-state index contributed by atoms with van der Waals surface area (Å²) in [6, 6.07) is 0. The Morgan fingerprint density at radius 2 is 1.94 bits per heavy atom. The average Bonchev–Trinajstić information content (AvgIpc) is 2.98. The summed E-state index contributed by atoms with van der Waals surface area (Å²) >= 11 is 0. The van der Waals surface area contributed by atoms with E-state index < -0.39 is 0 Å². The molecule has 100 valence electrons. The normalized spacial score (nSPS) is 33.4. The van der Waals surface area contributed by atoms with Gasteiger partial charge in [0.15, 0.2) is 0 Å².